The monoisotopic (exact) mass is 342 g/mol. The molecule has 0 saturated carbocycles. The highest BCUT2D eigenvalue weighted by Gasteiger charge is 2.35. The van der Waals surface area contributed by atoms with Gasteiger partial charge >= 0.3 is 6.03 Å². The van der Waals surface area contributed by atoms with Crippen LogP contribution in [-0.4, -0.2) is 58.9 Å². The van der Waals surface area contributed by atoms with Crippen molar-refractivity contribution in [1.82, 2.24) is 20.1 Å². The predicted molar refractivity (Wildman–Crippen MR) is 92.1 cm³/mol. The summed E-state index contributed by atoms with van der Waals surface area (Å²) in [5.41, 5.74) is 1.71. The number of benzene rings is 1. The Kier molecular flexibility index (Phi) is 4.17. The fourth-order valence-corrected chi connectivity index (χ4v) is 3.66. The van der Waals surface area contributed by atoms with E-state index < -0.39 is 0 Å². The van der Waals surface area contributed by atoms with E-state index in [1.165, 1.54) is 4.90 Å². The number of imide groups is 1. The summed E-state index contributed by atoms with van der Waals surface area (Å²) in [6, 6.07) is 7.23. The lowest BCUT2D eigenvalue weighted by Crippen LogP contribution is -2.50. The standard InChI is InChI=1S/C18H22N4O3/c1-12(17(23)22-11-8-19-18(22)24)21-9-6-13(7-10-21)16-20-14-4-2-3-5-15(14)25-16/h2-5,12-13H,6-11H2,1H3,(H,19,24)/t12-/m0/s1. The molecule has 0 radical (unpaired) electrons. The zero-order chi connectivity index (χ0) is 17.4. The number of likely N-dealkylation sites (tertiary alicyclic amines) is 1. The molecule has 7 nitrogen and oxygen atoms in total. The summed E-state index contributed by atoms with van der Waals surface area (Å²) < 4.78 is 5.89. The van der Waals surface area contributed by atoms with Crippen LogP contribution in [0.25, 0.3) is 11.1 Å². The fourth-order valence-electron chi connectivity index (χ4n) is 3.66. The number of aromatic nitrogens is 1. The summed E-state index contributed by atoms with van der Waals surface area (Å²) in [5, 5.41) is 2.68. The first kappa shape index (κ1) is 16.1. The lowest BCUT2D eigenvalue weighted by molar-refractivity contribution is -0.133. The Morgan fingerprint density at radius 2 is 2.04 bits per heavy atom. The van der Waals surface area contributed by atoms with Crippen LogP contribution in [0.15, 0.2) is 28.7 Å². The summed E-state index contributed by atoms with van der Waals surface area (Å²) in [4.78, 5) is 32.3. The van der Waals surface area contributed by atoms with Gasteiger partial charge in [0.05, 0.1) is 6.04 Å². The Morgan fingerprint density at radius 3 is 2.72 bits per heavy atom. The molecule has 7 heteroatoms. The van der Waals surface area contributed by atoms with Crippen molar-refractivity contribution in [2.75, 3.05) is 26.2 Å². The fraction of sp³-hybridized carbons (Fsp3) is 0.500. The van der Waals surface area contributed by atoms with Gasteiger partial charge in [0.25, 0.3) is 0 Å². The third kappa shape index (κ3) is 3.00. The van der Waals surface area contributed by atoms with Gasteiger partial charge in [-0.2, -0.15) is 0 Å². The molecule has 2 saturated heterocycles. The highest BCUT2D eigenvalue weighted by molar-refractivity contribution is 5.98. The summed E-state index contributed by atoms with van der Waals surface area (Å²) in [6.07, 6.45) is 1.80. The zero-order valence-electron chi connectivity index (χ0n) is 14.3. The van der Waals surface area contributed by atoms with E-state index in [1.807, 2.05) is 31.2 Å². The predicted octanol–water partition coefficient (Wildman–Crippen LogP) is 1.95. The van der Waals surface area contributed by atoms with Crippen LogP contribution in [0.3, 0.4) is 0 Å². The maximum Gasteiger partial charge on any atom is 0.324 e. The number of nitrogens with zero attached hydrogens (tertiary/aromatic N) is 3. The first-order chi connectivity index (χ1) is 12.1. The topological polar surface area (TPSA) is 78.7 Å². The number of nitrogens with one attached hydrogen (secondary N) is 1. The molecular formula is C18H22N4O3. The van der Waals surface area contributed by atoms with Gasteiger partial charge in [-0.05, 0) is 45.0 Å². The number of hydrogen-bond acceptors (Lipinski definition) is 5. The lowest BCUT2D eigenvalue weighted by atomic mass is 9.95. The van der Waals surface area contributed by atoms with E-state index in [-0.39, 0.29) is 23.9 Å². The Balaban J connectivity index is 1.39. The van der Waals surface area contributed by atoms with Gasteiger partial charge < -0.3 is 9.73 Å². The quantitative estimate of drug-likeness (QED) is 0.922. The molecule has 0 bridgehead atoms. The molecule has 3 amide bonds. The van der Waals surface area contributed by atoms with Gasteiger partial charge in [0.1, 0.15) is 5.52 Å². The van der Waals surface area contributed by atoms with Gasteiger partial charge in [0, 0.05) is 19.0 Å². The Morgan fingerprint density at radius 1 is 1.28 bits per heavy atom. The number of oxazole rings is 1. The minimum absolute atomic E-state index is 0.115. The number of para-hydroxylation sites is 2. The van der Waals surface area contributed by atoms with E-state index in [2.05, 4.69) is 15.2 Å². The minimum atomic E-state index is -0.284. The second kappa shape index (κ2) is 6.48. The number of amides is 3. The van der Waals surface area contributed by atoms with Crippen LogP contribution < -0.4 is 5.32 Å². The normalized spacial score (nSPS) is 20.8. The zero-order valence-corrected chi connectivity index (χ0v) is 14.3. The first-order valence-corrected chi connectivity index (χ1v) is 8.82. The second-order valence-electron chi connectivity index (χ2n) is 6.73. The van der Waals surface area contributed by atoms with Crippen molar-refractivity contribution in [3.63, 3.8) is 0 Å². The largest absolute Gasteiger partial charge is 0.440 e. The molecule has 1 atom stereocenters. The number of hydrogen-bond donors (Lipinski definition) is 1. The average Bonchev–Trinajstić information content (AvgIpc) is 3.26. The number of urea groups is 1. The molecule has 2 aliphatic rings. The van der Waals surface area contributed by atoms with Crippen molar-refractivity contribution >= 4 is 23.0 Å². The summed E-state index contributed by atoms with van der Waals surface area (Å²) in [6.45, 7) is 4.48. The molecule has 0 aliphatic carbocycles. The highest BCUT2D eigenvalue weighted by Crippen LogP contribution is 2.30. The summed E-state index contributed by atoms with van der Waals surface area (Å²) in [7, 11) is 0. The molecule has 2 aromatic rings. The van der Waals surface area contributed by atoms with Crippen LogP contribution in [0, 0.1) is 0 Å². The maximum atomic E-state index is 12.5. The van der Waals surface area contributed by atoms with Crippen molar-refractivity contribution in [1.29, 1.82) is 0 Å². The molecule has 1 aromatic heterocycles. The molecular weight excluding hydrogens is 320 g/mol. The molecule has 2 fully saturated rings. The van der Waals surface area contributed by atoms with Crippen molar-refractivity contribution in [3.05, 3.63) is 30.2 Å². The average molecular weight is 342 g/mol. The van der Waals surface area contributed by atoms with Crippen LogP contribution in [0.4, 0.5) is 4.79 Å². The SMILES string of the molecule is C[C@@H](C(=O)N1CCNC1=O)N1CCC(c2nc3ccccc3o2)CC1. The smallest absolute Gasteiger partial charge is 0.324 e. The van der Waals surface area contributed by atoms with E-state index in [1.54, 1.807) is 0 Å². The van der Waals surface area contributed by atoms with Crippen molar-refractivity contribution in [3.8, 4) is 0 Å². The van der Waals surface area contributed by atoms with Gasteiger partial charge in [-0.3, -0.25) is 14.6 Å². The number of piperidine rings is 1. The molecule has 132 valence electrons. The van der Waals surface area contributed by atoms with Gasteiger partial charge in [0.15, 0.2) is 11.5 Å². The third-order valence-corrected chi connectivity index (χ3v) is 5.22. The Labute approximate surface area is 146 Å². The summed E-state index contributed by atoms with van der Waals surface area (Å²) >= 11 is 0. The van der Waals surface area contributed by atoms with Crippen LogP contribution in [-0.2, 0) is 4.79 Å². The van der Waals surface area contributed by atoms with Crippen LogP contribution in [0.5, 0.6) is 0 Å². The lowest BCUT2D eigenvalue weighted by Gasteiger charge is -2.35. The summed E-state index contributed by atoms with van der Waals surface area (Å²) in [5.74, 6) is 0.954. The van der Waals surface area contributed by atoms with Crippen molar-refractivity contribution in [2.45, 2.75) is 31.7 Å². The van der Waals surface area contributed by atoms with E-state index in [0.29, 0.717) is 13.1 Å². The number of fused-ring (bicyclic) bond motifs is 1. The van der Waals surface area contributed by atoms with E-state index >= 15 is 0 Å². The third-order valence-electron chi connectivity index (χ3n) is 5.22. The molecule has 4 rings (SSSR count). The number of rotatable bonds is 3. The van der Waals surface area contributed by atoms with Gasteiger partial charge in [-0.1, -0.05) is 12.1 Å². The van der Waals surface area contributed by atoms with E-state index in [0.717, 1.165) is 42.9 Å². The van der Waals surface area contributed by atoms with E-state index in [4.69, 9.17) is 4.42 Å². The Hall–Kier alpha value is -2.41. The molecule has 3 heterocycles. The molecule has 1 aromatic carbocycles. The van der Waals surface area contributed by atoms with Crippen molar-refractivity contribution < 1.29 is 14.0 Å². The van der Waals surface area contributed by atoms with Crippen LogP contribution in [0.1, 0.15) is 31.6 Å². The minimum Gasteiger partial charge on any atom is -0.440 e. The van der Waals surface area contributed by atoms with Gasteiger partial charge in [-0.25, -0.2) is 9.78 Å². The number of carbonyl (C=O) groups excluding carboxylic acids is 2. The van der Waals surface area contributed by atoms with Gasteiger partial charge in [-0.15, -0.1) is 0 Å². The molecule has 0 spiro atoms. The maximum absolute atomic E-state index is 12.5. The van der Waals surface area contributed by atoms with Gasteiger partial charge in [0.2, 0.25) is 5.91 Å². The van der Waals surface area contributed by atoms with Crippen molar-refractivity contribution in [2.24, 2.45) is 0 Å². The molecule has 2 aliphatic heterocycles. The highest BCUT2D eigenvalue weighted by atomic mass is 16.3. The van der Waals surface area contributed by atoms with Crippen LogP contribution >= 0.6 is 0 Å². The second-order valence-corrected chi connectivity index (χ2v) is 6.73. The van der Waals surface area contributed by atoms with Crippen LogP contribution in [0.2, 0.25) is 0 Å². The van der Waals surface area contributed by atoms with E-state index in [9.17, 15) is 9.59 Å². The number of carbonyl (C=O) groups is 2. The Bertz CT molecular complexity index is 761. The molecule has 1 N–H and O–H groups in total. The first-order valence-electron chi connectivity index (χ1n) is 8.82. The molecule has 0 unspecified atom stereocenters. The molecule has 25 heavy (non-hydrogen) atoms.